The van der Waals surface area contributed by atoms with Gasteiger partial charge in [0.1, 0.15) is 0 Å². The molecule has 20 heavy (non-hydrogen) atoms. The zero-order valence-corrected chi connectivity index (χ0v) is 10.7. The summed E-state index contributed by atoms with van der Waals surface area (Å²) in [6.07, 6.45) is -4.81. The maximum absolute atomic E-state index is 12.5. The van der Waals surface area contributed by atoms with Crippen LogP contribution in [-0.2, 0) is 16.2 Å². The van der Waals surface area contributed by atoms with Gasteiger partial charge in [-0.25, -0.2) is 13.1 Å². The van der Waals surface area contributed by atoms with Crippen molar-refractivity contribution < 1.29 is 26.5 Å². The Labute approximate surface area is 111 Å². The molecule has 0 fully saturated rings. The first kappa shape index (κ1) is 16.3. The summed E-state index contributed by atoms with van der Waals surface area (Å²) in [7, 11) is -4.30. The van der Waals surface area contributed by atoms with Gasteiger partial charge in [-0.2, -0.15) is 13.2 Å². The Morgan fingerprint density at radius 2 is 1.95 bits per heavy atom. The Balaban J connectivity index is 3.39. The van der Waals surface area contributed by atoms with Crippen molar-refractivity contribution in [1.82, 2.24) is 4.72 Å². The smallest absolute Gasteiger partial charge is 0.329 e. The van der Waals surface area contributed by atoms with Crippen LogP contribution in [0, 0.1) is 10.1 Å². The third-order valence-corrected chi connectivity index (χ3v) is 3.72. The van der Waals surface area contributed by atoms with E-state index in [1.54, 1.807) is 0 Å². The molecule has 0 heterocycles. The molecule has 0 bridgehead atoms. The third kappa shape index (κ3) is 3.65. The third-order valence-electron chi connectivity index (χ3n) is 2.21. The van der Waals surface area contributed by atoms with Gasteiger partial charge < -0.3 is 5.73 Å². The van der Waals surface area contributed by atoms with Crippen molar-refractivity contribution in [3.05, 3.63) is 33.9 Å². The number of alkyl halides is 3. The fraction of sp³-hybridized carbons (Fsp3) is 0.333. The quantitative estimate of drug-likeness (QED) is 0.617. The van der Waals surface area contributed by atoms with Crippen molar-refractivity contribution in [2.45, 2.75) is 11.1 Å². The van der Waals surface area contributed by atoms with Crippen molar-refractivity contribution in [3.63, 3.8) is 0 Å². The topological polar surface area (TPSA) is 115 Å². The molecule has 1 aromatic carbocycles. The van der Waals surface area contributed by atoms with Gasteiger partial charge in [0.05, 0.1) is 10.5 Å². The number of benzene rings is 1. The monoisotopic (exact) mass is 313 g/mol. The van der Waals surface area contributed by atoms with Crippen LogP contribution in [0.5, 0.6) is 0 Å². The van der Waals surface area contributed by atoms with Crippen LogP contribution < -0.4 is 10.5 Å². The van der Waals surface area contributed by atoms with Crippen LogP contribution in [0.15, 0.2) is 23.1 Å². The Hall–Kier alpha value is -1.72. The van der Waals surface area contributed by atoms with E-state index in [1.165, 1.54) is 0 Å². The summed E-state index contributed by atoms with van der Waals surface area (Å²) in [5.41, 5.74) is 2.63. The molecule has 0 saturated carbocycles. The summed E-state index contributed by atoms with van der Waals surface area (Å²) in [6.45, 7) is -0.256. The van der Waals surface area contributed by atoms with E-state index in [1.807, 2.05) is 4.72 Å². The van der Waals surface area contributed by atoms with Crippen LogP contribution in [0.2, 0.25) is 0 Å². The van der Waals surface area contributed by atoms with E-state index in [-0.39, 0.29) is 19.2 Å². The highest BCUT2D eigenvalue weighted by Gasteiger charge is 2.35. The molecule has 0 atom stereocenters. The van der Waals surface area contributed by atoms with Gasteiger partial charge in [0, 0.05) is 19.2 Å². The fourth-order valence-electron chi connectivity index (χ4n) is 1.33. The van der Waals surface area contributed by atoms with Gasteiger partial charge in [0.2, 0.25) is 10.0 Å². The maximum Gasteiger partial charge on any atom is 0.416 e. The highest BCUT2D eigenvalue weighted by molar-refractivity contribution is 7.89. The number of nitrogens with zero attached hydrogens (tertiary/aromatic N) is 1. The average Bonchev–Trinajstić information content (AvgIpc) is 2.34. The number of rotatable bonds is 5. The molecule has 0 aliphatic rings. The highest BCUT2D eigenvalue weighted by atomic mass is 32.2. The lowest BCUT2D eigenvalue weighted by Gasteiger charge is -2.09. The van der Waals surface area contributed by atoms with Crippen molar-refractivity contribution in [3.8, 4) is 0 Å². The number of sulfonamides is 1. The van der Waals surface area contributed by atoms with E-state index in [4.69, 9.17) is 5.73 Å². The lowest BCUT2D eigenvalue weighted by atomic mass is 10.2. The predicted octanol–water partition coefficient (Wildman–Crippen LogP) is 0.851. The van der Waals surface area contributed by atoms with Crippen molar-refractivity contribution in [1.29, 1.82) is 0 Å². The lowest BCUT2D eigenvalue weighted by molar-refractivity contribution is -0.388. The molecule has 0 spiro atoms. The first-order chi connectivity index (χ1) is 9.09. The standard InChI is InChI=1S/C9H10F3N3O4S/c10-9(11,12)6-1-2-8(7(5-6)15(16)17)20(18,19)14-4-3-13/h1-2,5,14H,3-4,13H2. The van der Waals surface area contributed by atoms with Crippen LogP contribution in [0.3, 0.4) is 0 Å². The number of nitro benzene ring substituents is 1. The van der Waals surface area contributed by atoms with E-state index in [0.29, 0.717) is 12.1 Å². The van der Waals surface area contributed by atoms with Gasteiger partial charge in [-0.05, 0) is 12.1 Å². The summed E-state index contributed by atoms with van der Waals surface area (Å²) in [5.74, 6) is 0. The van der Waals surface area contributed by atoms with E-state index in [9.17, 15) is 31.7 Å². The van der Waals surface area contributed by atoms with Crippen LogP contribution in [0.25, 0.3) is 0 Å². The molecule has 1 rings (SSSR count). The zero-order valence-electron chi connectivity index (χ0n) is 9.85. The molecule has 112 valence electrons. The molecule has 0 aliphatic heterocycles. The number of nitrogens with two attached hydrogens (primary N) is 1. The SMILES string of the molecule is NCCNS(=O)(=O)c1ccc(C(F)(F)F)cc1[N+](=O)[O-]. The fourth-order valence-corrected chi connectivity index (χ4v) is 2.53. The molecule has 1 aromatic rings. The normalized spacial score (nSPS) is 12.4. The predicted molar refractivity (Wildman–Crippen MR) is 62.3 cm³/mol. The van der Waals surface area contributed by atoms with E-state index in [0.717, 1.165) is 0 Å². The van der Waals surface area contributed by atoms with Crippen LogP contribution in [-0.4, -0.2) is 26.4 Å². The van der Waals surface area contributed by atoms with Crippen LogP contribution in [0.4, 0.5) is 18.9 Å². The van der Waals surface area contributed by atoms with E-state index < -0.39 is 37.3 Å². The summed E-state index contributed by atoms with van der Waals surface area (Å²) in [4.78, 5) is 8.71. The second kappa shape index (κ2) is 5.73. The minimum Gasteiger partial charge on any atom is -0.329 e. The lowest BCUT2D eigenvalue weighted by Crippen LogP contribution is -2.29. The largest absolute Gasteiger partial charge is 0.416 e. The molecule has 0 amide bonds. The number of nitrogens with one attached hydrogen (secondary N) is 1. The average molecular weight is 313 g/mol. The molecule has 11 heteroatoms. The van der Waals surface area contributed by atoms with Crippen molar-refractivity contribution in [2.24, 2.45) is 5.73 Å². The van der Waals surface area contributed by atoms with E-state index >= 15 is 0 Å². The van der Waals surface area contributed by atoms with Crippen LogP contribution in [0.1, 0.15) is 5.56 Å². The Bertz CT molecular complexity index is 615. The number of hydrogen-bond acceptors (Lipinski definition) is 5. The molecule has 0 aromatic heterocycles. The van der Waals surface area contributed by atoms with Crippen molar-refractivity contribution in [2.75, 3.05) is 13.1 Å². The molecule has 0 unspecified atom stereocenters. The van der Waals surface area contributed by atoms with Gasteiger partial charge in [-0.3, -0.25) is 10.1 Å². The highest BCUT2D eigenvalue weighted by Crippen LogP contribution is 2.34. The second-order valence-corrected chi connectivity index (χ2v) is 5.36. The zero-order chi connectivity index (χ0) is 15.6. The summed E-state index contributed by atoms with van der Waals surface area (Å²) < 4.78 is 62.8. The molecular formula is C9H10F3N3O4S. The molecular weight excluding hydrogens is 303 g/mol. The maximum atomic E-state index is 12.5. The molecule has 3 N–H and O–H groups in total. The van der Waals surface area contributed by atoms with Crippen LogP contribution >= 0.6 is 0 Å². The minimum absolute atomic E-state index is 0.0618. The van der Waals surface area contributed by atoms with E-state index in [2.05, 4.69) is 0 Å². The summed E-state index contributed by atoms with van der Waals surface area (Å²) in [5, 5.41) is 10.7. The van der Waals surface area contributed by atoms with Gasteiger partial charge in [-0.1, -0.05) is 0 Å². The minimum atomic E-state index is -4.81. The summed E-state index contributed by atoms with van der Waals surface area (Å²) >= 11 is 0. The van der Waals surface area contributed by atoms with Crippen molar-refractivity contribution >= 4 is 15.7 Å². The molecule has 0 radical (unpaired) electrons. The molecule has 0 aliphatic carbocycles. The summed E-state index contributed by atoms with van der Waals surface area (Å²) in [6, 6.07) is 1.18. The number of hydrogen-bond donors (Lipinski definition) is 2. The van der Waals surface area contributed by atoms with Gasteiger partial charge in [0.25, 0.3) is 5.69 Å². The second-order valence-electron chi connectivity index (χ2n) is 3.62. The number of nitro groups is 1. The van der Waals surface area contributed by atoms with Gasteiger partial charge in [-0.15, -0.1) is 0 Å². The molecule has 7 nitrogen and oxygen atoms in total. The Kier molecular flexibility index (Phi) is 4.68. The number of halogens is 3. The first-order valence-electron chi connectivity index (χ1n) is 5.15. The Morgan fingerprint density at radius 3 is 2.40 bits per heavy atom. The Morgan fingerprint density at radius 1 is 1.35 bits per heavy atom. The first-order valence-corrected chi connectivity index (χ1v) is 6.63. The van der Waals surface area contributed by atoms with Gasteiger partial charge in [0.15, 0.2) is 4.90 Å². The van der Waals surface area contributed by atoms with Gasteiger partial charge >= 0.3 is 6.18 Å². The molecule has 0 saturated heterocycles.